The van der Waals surface area contributed by atoms with Crippen molar-refractivity contribution in [3.05, 3.63) is 35.9 Å². The highest BCUT2D eigenvalue weighted by molar-refractivity contribution is 5.89. The van der Waals surface area contributed by atoms with Gasteiger partial charge in [-0.25, -0.2) is 4.79 Å². The minimum Gasteiger partial charge on any atom is -0.458 e. The van der Waals surface area contributed by atoms with Crippen LogP contribution in [-0.4, -0.2) is 115 Å². The Labute approximate surface area is 310 Å². The second kappa shape index (κ2) is 19.0. The predicted molar refractivity (Wildman–Crippen MR) is 198 cm³/mol. The summed E-state index contributed by atoms with van der Waals surface area (Å²) in [5, 5.41) is 5.55. The van der Waals surface area contributed by atoms with E-state index in [0.29, 0.717) is 13.0 Å². The van der Waals surface area contributed by atoms with Crippen molar-refractivity contribution in [3.63, 3.8) is 0 Å². The minimum absolute atomic E-state index is 0.0305. The number of carbonyl (C=O) groups is 5. The Kier molecular flexibility index (Phi) is 15.6. The number of hydrogen-bond acceptors (Lipinski definition) is 9. The van der Waals surface area contributed by atoms with E-state index in [9.17, 15) is 24.0 Å². The predicted octanol–water partition coefficient (Wildman–Crippen LogP) is 2.97. The van der Waals surface area contributed by atoms with E-state index >= 15 is 0 Å². The van der Waals surface area contributed by atoms with Gasteiger partial charge in [-0.05, 0) is 71.8 Å². The van der Waals surface area contributed by atoms with E-state index in [4.69, 9.17) is 19.9 Å². The SMILES string of the molecule is COC(CC(=O)N1CCCC1C(OC)C(C)C(=O)NC(Cc1ccccc1)C(=O)OC(C)(C)C)C(C1CCCC1)N(C)C(=O)CNC(=O)C(C)(C)N. The summed E-state index contributed by atoms with van der Waals surface area (Å²) in [5.74, 6) is -2.35. The van der Waals surface area contributed by atoms with E-state index in [-0.39, 0.29) is 55.1 Å². The van der Waals surface area contributed by atoms with Crippen LogP contribution in [-0.2, 0) is 44.6 Å². The van der Waals surface area contributed by atoms with Gasteiger partial charge in [0.1, 0.15) is 11.6 Å². The zero-order valence-corrected chi connectivity index (χ0v) is 32.7. The fourth-order valence-corrected chi connectivity index (χ4v) is 7.48. The van der Waals surface area contributed by atoms with Crippen molar-refractivity contribution in [2.45, 2.75) is 134 Å². The van der Waals surface area contributed by atoms with Crippen LogP contribution in [0.4, 0.5) is 0 Å². The lowest BCUT2D eigenvalue weighted by molar-refractivity contribution is -0.159. The number of benzene rings is 1. The molecule has 4 N–H and O–H groups in total. The quantitative estimate of drug-likeness (QED) is 0.204. The van der Waals surface area contributed by atoms with Crippen LogP contribution in [0.15, 0.2) is 30.3 Å². The third kappa shape index (κ3) is 12.0. The van der Waals surface area contributed by atoms with Crippen molar-refractivity contribution in [1.82, 2.24) is 20.4 Å². The maximum Gasteiger partial charge on any atom is 0.329 e. The molecule has 2 fully saturated rings. The molecule has 3 rings (SSSR count). The number of ether oxygens (including phenoxy) is 3. The molecule has 1 aromatic rings. The Morgan fingerprint density at radius 3 is 2.15 bits per heavy atom. The van der Waals surface area contributed by atoms with Gasteiger partial charge in [-0.15, -0.1) is 0 Å². The number of methoxy groups -OCH3 is 2. The summed E-state index contributed by atoms with van der Waals surface area (Å²) < 4.78 is 17.6. The molecular formula is C39H63N5O8. The summed E-state index contributed by atoms with van der Waals surface area (Å²) in [6, 6.07) is 7.74. The van der Waals surface area contributed by atoms with Crippen LogP contribution < -0.4 is 16.4 Å². The fourth-order valence-electron chi connectivity index (χ4n) is 7.48. The number of nitrogens with zero attached hydrogens (tertiary/aromatic N) is 2. The Balaban J connectivity index is 1.76. The molecule has 6 unspecified atom stereocenters. The third-order valence-electron chi connectivity index (χ3n) is 10.2. The lowest BCUT2D eigenvalue weighted by atomic mass is 9.89. The Bertz CT molecular complexity index is 1350. The molecule has 1 heterocycles. The standard InChI is InChI=1S/C39H63N5O8/c1-25(35(47)42-28(36(48)52-38(2,3)4)22-26-16-11-10-12-17-26)34(51-9)29-20-15-21-44(29)31(45)23-30(50-8)33(27-18-13-14-19-27)43(7)32(46)24-41-37(49)39(5,6)40/h10-12,16-17,25,27-30,33-34H,13-15,18-24,40H2,1-9H3,(H,41,49)(H,42,47). The molecule has 0 bridgehead atoms. The number of rotatable bonds is 17. The molecular weight excluding hydrogens is 666 g/mol. The number of nitrogens with two attached hydrogens (primary N) is 1. The molecule has 1 aliphatic carbocycles. The summed E-state index contributed by atoms with van der Waals surface area (Å²) >= 11 is 0. The van der Waals surface area contributed by atoms with Crippen LogP contribution in [0.25, 0.3) is 0 Å². The molecule has 4 amide bonds. The molecule has 52 heavy (non-hydrogen) atoms. The molecule has 1 saturated carbocycles. The van der Waals surface area contributed by atoms with Gasteiger partial charge in [0.15, 0.2) is 0 Å². The molecule has 292 valence electrons. The maximum atomic E-state index is 14.1. The largest absolute Gasteiger partial charge is 0.458 e. The first-order chi connectivity index (χ1) is 24.4. The molecule has 0 aromatic heterocycles. The average Bonchev–Trinajstić information content (AvgIpc) is 3.79. The van der Waals surface area contributed by atoms with E-state index < -0.39 is 47.2 Å². The zero-order valence-electron chi connectivity index (χ0n) is 32.7. The van der Waals surface area contributed by atoms with Crippen LogP contribution in [0.2, 0.25) is 0 Å². The lowest BCUT2D eigenvalue weighted by Crippen LogP contribution is -2.56. The van der Waals surface area contributed by atoms with Crippen LogP contribution >= 0.6 is 0 Å². The van der Waals surface area contributed by atoms with Crippen LogP contribution in [0.1, 0.15) is 92.1 Å². The highest BCUT2D eigenvalue weighted by atomic mass is 16.6. The summed E-state index contributed by atoms with van der Waals surface area (Å²) in [6.45, 7) is 10.5. The molecule has 1 saturated heterocycles. The molecule has 13 nitrogen and oxygen atoms in total. The Hall–Kier alpha value is -3.55. The van der Waals surface area contributed by atoms with Gasteiger partial charge in [0.2, 0.25) is 23.6 Å². The monoisotopic (exact) mass is 729 g/mol. The van der Waals surface area contributed by atoms with Gasteiger partial charge in [-0.3, -0.25) is 19.2 Å². The normalized spacial score (nSPS) is 19.7. The summed E-state index contributed by atoms with van der Waals surface area (Å²) in [6.07, 6.45) is 4.27. The van der Waals surface area contributed by atoms with Gasteiger partial charge in [0, 0.05) is 34.2 Å². The van der Waals surface area contributed by atoms with Gasteiger partial charge < -0.3 is 40.4 Å². The summed E-state index contributed by atoms with van der Waals surface area (Å²) in [7, 11) is 4.78. The van der Waals surface area contributed by atoms with E-state index in [1.54, 1.807) is 65.5 Å². The topological polar surface area (TPSA) is 170 Å². The molecule has 0 radical (unpaired) electrons. The van der Waals surface area contributed by atoms with Gasteiger partial charge in [-0.1, -0.05) is 50.1 Å². The molecule has 1 aromatic carbocycles. The average molecular weight is 730 g/mol. The lowest BCUT2D eigenvalue weighted by Gasteiger charge is -2.39. The highest BCUT2D eigenvalue weighted by Crippen LogP contribution is 2.34. The maximum absolute atomic E-state index is 14.1. The number of hydrogen-bond donors (Lipinski definition) is 3. The van der Waals surface area contributed by atoms with Crippen molar-refractivity contribution in [2.75, 3.05) is 34.4 Å². The summed E-state index contributed by atoms with van der Waals surface area (Å²) in [4.78, 5) is 70.3. The van der Waals surface area contributed by atoms with E-state index in [1.807, 2.05) is 30.3 Å². The minimum atomic E-state index is -1.13. The van der Waals surface area contributed by atoms with Crippen LogP contribution in [0.5, 0.6) is 0 Å². The molecule has 1 aliphatic heterocycles. The van der Waals surface area contributed by atoms with Gasteiger partial charge in [-0.2, -0.15) is 0 Å². The molecule has 2 aliphatic rings. The van der Waals surface area contributed by atoms with Gasteiger partial charge in [0.25, 0.3) is 0 Å². The summed E-state index contributed by atoms with van der Waals surface area (Å²) in [5.41, 5.74) is 4.91. The van der Waals surface area contributed by atoms with Crippen molar-refractivity contribution < 1.29 is 38.2 Å². The van der Waals surface area contributed by atoms with Crippen LogP contribution in [0, 0.1) is 11.8 Å². The number of esters is 1. The number of likely N-dealkylation sites (tertiary alicyclic amines) is 1. The van der Waals surface area contributed by atoms with Crippen molar-refractivity contribution >= 4 is 29.6 Å². The Morgan fingerprint density at radius 2 is 1.60 bits per heavy atom. The first-order valence-corrected chi connectivity index (χ1v) is 18.6. The molecule has 0 spiro atoms. The van der Waals surface area contributed by atoms with Gasteiger partial charge >= 0.3 is 5.97 Å². The first-order valence-electron chi connectivity index (χ1n) is 18.6. The highest BCUT2D eigenvalue weighted by Gasteiger charge is 2.43. The van der Waals surface area contributed by atoms with E-state index in [0.717, 1.165) is 37.7 Å². The zero-order chi connectivity index (χ0) is 38.8. The smallest absolute Gasteiger partial charge is 0.329 e. The van der Waals surface area contributed by atoms with E-state index in [1.165, 1.54) is 7.11 Å². The van der Waals surface area contributed by atoms with Crippen LogP contribution in [0.3, 0.4) is 0 Å². The second-order valence-electron chi connectivity index (χ2n) is 16.0. The third-order valence-corrected chi connectivity index (χ3v) is 10.2. The first kappa shape index (κ1) is 42.9. The number of likely N-dealkylation sites (N-methyl/N-ethyl adjacent to an activating group) is 1. The van der Waals surface area contributed by atoms with Crippen molar-refractivity contribution in [1.29, 1.82) is 0 Å². The van der Waals surface area contributed by atoms with Crippen molar-refractivity contribution in [3.8, 4) is 0 Å². The Morgan fingerprint density at radius 1 is 0.962 bits per heavy atom. The van der Waals surface area contributed by atoms with Gasteiger partial charge in [0.05, 0.1) is 48.7 Å². The number of amides is 4. The number of carbonyl (C=O) groups excluding carboxylic acids is 5. The van der Waals surface area contributed by atoms with Crippen molar-refractivity contribution in [2.24, 2.45) is 17.6 Å². The molecule has 6 atom stereocenters. The second-order valence-corrected chi connectivity index (χ2v) is 16.0. The fraction of sp³-hybridized carbons (Fsp3) is 0.718. The molecule has 13 heteroatoms. The number of nitrogens with one attached hydrogen (secondary N) is 2. The van der Waals surface area contributed by atoms with E-state index in [2.05, 4.69) is 10.6 Å².